The summed E-state index contributed by atoms with van der Waals surface area (Å²) >= 11 is 0. The van der Waals surface area contributed by atoms with Crippen LogP contribution in [0.2, 0.25) is 0 Å². The van der Waals surface area contributed by atoms with Gasteiger partial charge < -0.3 is 0 Å². The fourth-order valence-electron chi connectivity index (χ4n) is 1.23. The van der Waals surface area contributed by atoms with Crippen LogP contribution in [-0.4, -0.2) is 5.67 Å². The second-order valence-electron chi connectivity index (χ2n) is 3.66. The van der Waals surface area contributed by atoms with Crippen molar-refractivity contribution in [3.8, 4) is 11.8 Å². The molecule has 0 heterocycles. The molecule has 0 saturated heterocycles. The maximum Gasteiger partial charge on any atom is 0.195 e. The van der Waals surface area contributed by atoms with E-state index in [1.807, 2.05) is 6.08 Å². The molecular weight excluding hydrogens is 163 g/mol. The third kappa shape index (κ3) is 1.83. The molecule has 67 valence electrons. The van der Waals surface area contributed by atoms with E-state index in [9.17, 15) is 4.39 Å². The normalized spacial score (nSPS) is 36.9. The fourth-order valence-corrected chi connectivity index (χ4v) is 1.23. The molecule has 0 aromatic heterocycles. The van der Waals surface area contributed by atoms with Crippen LogP contribution in [0.4, 0.5) is 4.39 Å². The molecule has 1 heteroatoms. The molecule has 0 aromatic carbocycles. The number of allylic oxidation sites excluding steroid dienone is 4. The summed E-state index contributed by atoms with van der Waals surface area (Å²) in [5, 5.41) is 0. The predicted molar refractivity (Wildman–Crippen MR) is 51.5 cm³/mol. The topological polar surface area (TPSA) is 0 Å². The second-order valence-corrected chi connectivity index (χ2v) is 3.66. The van der Waals surface area contributed by atoms with E-state index in [2.05, 4.69) is 18.8 Å². The first kappa shape index (κ1) is 8.56. The van der Waals surface area contributed by atoms with Crippen molar-refractivity contribution in [1.82, 2.24) is 0 Å². The predicted octanol–water partition coefficient (Wildman–Crippen LogP) is 2.68. The molecule has 1 saturated carbocycles. The summed E-state index contributed by atoms with van der Waals surface area (Å²) in [5.74, 6) is 5.71. The van der Waals surface area contributed by atoms with Gasteiger partial charge in [0.05, 0.1) is 0 Å². The van der Waals surface area contributed by atoms with Crippen molar-refractivity contribution in [3.05, 3.63) is 31.2 Å². The van der Waals surface area contributed by atoms with Crippen LogP contribution in [0.5, 0.6) is 0 Å². The molecule has 0 aliphatic heterocycles. The highest BCUT2D eigenvalue weighted by molar-refractivity contribution is 5.34. The molecule has 2 rings (SSSR count). The van der Waals surface area contributed by atoms with E-state index in [1.54, 1.807) is 12.2 Å². The molecule has 1 radical (unpaired) electrons. The number of hydrogen-bond donors (Lipinski definition) is 0. The van der Waals surface area contributed by atoms with Crippen molar-refractivity contribution in [2.75, 3.05) is 0 Å². The lowest BCUT2D eigenvalue weighted by Gasteiger charge is -2.22. The van der Waals surface area contributed by atoms with Crippen LogP contribution >= 0.6 is 0 Å². The lowest BCUT2D eigenvalue weighted by molar-refractivity contribution is 0.266. The van der Waals surface area contributed by atoms with E-state index >= 15 is 0 Å². The first-order valence-electron chi connectivity index (χ1n) is 4.61. The lowest BCUT2D eigenvalue weighted by atomic mass is 9.87. The largest absolute Gasteiger partial charge is 0.224 e. The maximum atomic E-state index is 14.0. The quantitative estimate of drug-likeness (QED) is 0.496. The van der Waals surface area contributed by atoms with Gasteiger partial charge in [0, 0.05) is 11.8 Å². The Bertz CT molecular complexity index is 312. The van der Waals surface area contributed by atoms with Crippen LogP contribution in [0, 0.1) is 30.6 Å². The van der Waals surface area contributed by atoms with E-state index in [4.69, 9.17) is 0 Å². The summed E-state index contributed by atoms with van der Waals surface area (Å²) in [6.07, 6.45) is 9.02. The lowest BCUT2D eigenvalue weighted by Crippen LogP contribution is -2.27. The van der Waals surface area contributed by atoms with Gasteiger partial charge in [0.15, 0.2) is 5.67 Å². The number of hydrogen-bond acceptors (Lipinski definition) is 0. The van der Waals surface area contributed by atoms with Gasteiger partial charge >= 0.3 is 0 Å². The molecule has 2 aliphatic carbocycles. The maximum absolute atomic E-state index is 14.0. The van der Waals surface area contributed by atoms with Crippen molar-refractivity contribution < 1.29 is 4.39 Å². The van der Waals surface area contributed by atoms with Crippen LogP contribution in [0.25, 0.3) is 0 Å². The molecule has 1 fully saturated rings. The SMILES string of the molecule is [CH2]C1C=CC=CC1(F)C#CC1CC1. The molecule has 0 aromatic rings. The summed E-state index contributed by atoms with van der Waals surface area (Å²) in [6, 6.07) is 0. The monoisotopic (exact) mass is 175 g/mol. The van der Waals surface area contributed by atoms with E-state index in [0.29, 0.717) is 5.92 Å². The zero-order chi connectivity index (χ0) is 9.31. The van der Waals surface area contributed by atoms with E-state index in [-0.39, 0.29) is 5.92 Å². The fraction of sp³-hybridized carbons (Fsp3) is 0.417. The highest BCUT2D eigenvalue weighted by Crippen LogP contribution is 2.31. The third-order valence-corrected chi connectivity index (χ3v) is 2.38. The summed E-state index contributed by atoms with van der Waals surface area (Å²) in [7, 11) is 0. The second kappa shape index (κ2) is 3.03. The zero-order valence-corrected chi connectivity index (χ0v) is 7.46. The van der Waals surface area contributed by atoms with Gasteiger partial charge in [0.1, 0.15) is 0 Å². The van der Waals surface area contributed by atoms with E-state index in [0.717, 1.165) is 12.8 Å². The van der Waals surface area contributed by atoms with Crippen molar-refractivity contribution in [3.63, 3.8) is 0 Å². The minimum atomic E-state index is -1.53. The summed E-state index contributed by atoms with van der Waals surface area (Å²) in [6.45, 7) is 3.73. The standard InChI is InChI=1S/C12H12F/c1-10-4-2-3-8-12(10,13)9-7-11-5-6-11/h2-4,8,10-11H,1,5-6H2. The van der Waals surface area contributed by atoms with Gasteiger partial charge in [-0.3, -0.25) is 0 Å². The summed E-state index contributed by atoms with van der Waals surface area (Å²) in [4.78, 5) is 0. The Morgan fingerprint density at radius 1 is 1.38 bits per heavy atom. The molecule has 2 atom stereocenters. The molecule has 2 unspecified atom stereocenters. The van der Waals surface area contributed by atoms with Crippen molar-refractivity contribution in [2.24, 2.45) is 11.8 Å². The van der Waals surface area contributed by atoms with Crippen LogP contribution < -0.4 is 0 Å². The Morgan fingerprint density at radius 2 is 2.15 bits per heavy atom. The number of rotatable bonds is 0. The zero-order valence-electron chi connectivity index (χ0n) is 7.46. The highest BCUT2D eigenvalue weighted by atomic mass is 19.1. The number of halogens is 1. The van der Waals surface area contributed by atoms with Gasteiger partial charge in [-0.05, 0) is 25.8 Å². The Balaban J connectivity index is 2.15. The first-order chi connectivity index (χ1) is 6.21. The smallest absolute Gasteiger partial charge is 0.195 e. The molecule has 0 spiro atoms. The Kier molecular flexibility index (Phi) is 2.00. The number of alkyl halides is 1. The van der Waals surface area contributed by atoms with Gasteiger partial charge in [-0.25, -0.2) is 4.39 Å². The van der Waals surface area contributed by atoms with Crippen LogP contribution in [0.15, 0.2) is 24.3 Å². The Hall–Kier alpha value is -1.03. The highest BCUT2D eigenvalue weighted by Gasteiger charge is 2.32. The van der Waals surface area contributed by atoms with Gasteiger partial charge in [0.25, 0.3) is 0 Å². The van der Waals surface area contributed by atoms with Crippen LogP contribution in [0.1, 0.15) is 12.8 Å². The summed E-state index contributed by atoms with van der Waals surface area (Å²) < 4.78 is 14.0. The molecule has 0 bridgehead atoms. The van der Waals surface area contributed by atoms with Crippen molar-refractivity contribution in [2.45, 2.75) is 18.5 Å². The summed E-state index contributed by atoms with van der Waals surface area (Å²) in [5.41, 5.74) is -1.53. The molecule has 0 amide bonds. The Labute approximate surface area is 78.5 Å². The van der Waals surface area contributed by atoms with E-state index in [1.165, 1.54) is 6.08 Å². The average Bonchev–Trinajstić information content (AvgIpc) is 2.91. The minimum absolute atomic E-state index is 0.372. The minimum Gasteiger partial charge on any atom is -0.224 e. The molecule has 0 nitrogen and oxygen atoms in total. The van der Waals surface area contributed by atoms with Crippen molar-refractivity contribution in [1.29, 1.82) is 0 Å². The van der Waals surface area contributed by atoms with E-state index < -0.39 is 5.67 Å². The molecule has 13 heavy (non-hydrogen) atoms. The van der Waals surface area contributed by atoms with Gasteiger partial charge in [-0.15, -0.1) is 0 Å². The third-order valence-electron chi connectivity index (χ3n) is 2.38. The van der Waals surface area contributed by atoms with Gasteiger partial charge in [-0.1, -0.05) is 30.1 Å². The molecule has 0 N–H and O–H groups in total. The van der Waals surface area contributed by atoms with Crippen LogP contribution in [-0.2, 0) is 0 Å². The van der Waals surface area contributed by atoms with Crippen LogP contribution in [0.3, 0.4) is 0 Å². The average molecular weight is 175 g/mol. The Morgan fingerprint density at radius 3 is 2.77 bits per heavy atom. The molecule has 2 aliphatic rings. The first-order valence-corrected chi connectivity index (χ1v) is 4.61. The van der Waals surface area contributed by atoms with Gasteiger partial charge in [-0.2, -0.15) is 0 Å². The molecular formula is C12H12F. The van der Waals surface area contributed by atoms with Gasteiger partial charge in [0.2, 0.25) is 0 Å². The van der Waals surface area contributed by atoms with Crippen molar-refractivity contribution >= 4 is 0 Å².